The highest BCUT2D eigenvalue weighted by atomic mass is 32.2. The van der Waals surface area contributed by atoms with E-state index < -0.39 is 15.8 Å². The van der Waals surface area contributed by atoms with Crippen LogP contribution < -0.4 is 5.73 Å². The van der Waals surface area contributed by atoms with Gasteiger partial charge in [0.2, 0.25) is 10.0 Å². The fraction of sp³-hybridized carbons (Fsp3) is 0.455. The van der Waals surface area contributed by atoms with Crippen molar-refractivity contribution in [3.8, 4) is 0 Å². The second kappa shape index (κ2) is 4.27. The molecule has 0 spiro atoms. The van der Waals surface area contributed by atoms with Crippen molar-refractivity contribution >= 4 is 15.7 Å². The summed E-state index contributed by atoms with van der Waals surface area (Å²) in [7, 11) is -3.60. The first kappa shape index (κ1) is 12.3. The van der Waals surface area contributed by atoms with Crippen LogP contribution in [0.4, 0.5) is 10.1 Å². The molecule has 17 heavy (non-hydrogen) atoms. The molecule has 0 bridgehead atoms. The third-order valence-corrected chi connectivity index (χ3v) is 5.03. The Morgan fingerprint density at radius 3 is 2.47 bits per heavy atom. The number of benzene rings is 1. The fourth-order valence-corrected chi connectivity index (χ4v) is 3.80. The van der Waals surface area contributed by atoms with Crippen molar-refractivity contribution in [3.63, 3.8) is 0 Å². The van der Waals surface area contributed by atoms with Crippen molar-refractivity contribution in [2.45, 2.75) is 24.7 Å². The van der Waals surface area contributed by atoms with E-state index in [1.807, 2.05) is 0 Å². The number of rotatable bonds is 2. The van der Waals surface area contributed by atoms with Crippen LogP contribution in [-0.4, -0.2) is 25.8 Å². The fourth-order valence-electron chi connectivity index (χ4n) is 2.01. The van der Waals surface area contributed by atoms with Gasteiger partial charge in [0.05, 0.1) is 4.90 Å². The van der Waals surface area contributed by atoms with Gasteiger partial charge in [-0.1, -0.05) is 0 Å². The molecule has 1 aliphatic rings. The Bertz CT molecular complexity index is 537. The molecule has 0 saturated carbocycles. The molecule has 0 amide bonds. The van der Waals surface area contributed by atoms with Gasteiger partial charge in [-0.25, -0.2) is 12.8 Å². The molecule has 2 rings (SSSR count). The molecule has 0 aromatic heterocycles. The number of nitrogen functional groups attached to an aromatic ring is 1. The molecule has 1 fully saturated rings. The third-order valence-electron chi connectivity index (χ3n) is 3.00. The van der Waals surface area contributed by atoms with Gasteiger partial charge in [0.15, 0.2) is 0 Å². The maximum atomic E-state index is 13.5. The van der Waals surface area contributed by atoms with Gasteiger partial charge in [-0.2, -0.15) is 4.31 Å². The van der Waals surface area contributed by atoms with Crippen molar-refractivity contribution < 1.29 is 12.8 Å². The van der Waals surface area contributed by atoms with E-state index in [-0.39, 0.29) is 16.1 Å². The van der Waals surface area contributed by atoms with Crippen molar-refractivity contribution in [1.82, 2.24) is 4.31 Å². The minimum atomic E-state index is -3.60. The van der Waals surface area contributed by atoms with Gasteiger partial charge in [0, 0.05) is 24.3 Å². The zero-order valence-corrected chi connectivity index (χ0v) is 10.4. The van der Waals surface area contributed by atoms with E-state index in [1.54, 1.807) is 0 Å². The van der Waals surface area contributed by atoms with Crippen LogP contribution in [0.25, 0.3) is 0 Å². The van der Waals surface area contributed by atoms with E-state index in [1.165, 1.54) is 17.3 Å². The number of hydrogen-bond acceptors (Lipinski definition) is 3. The van der Waals surface area contributed by atoms with Gasteiger partial charge >= 0.3 is 0 Å². The van der Waals surface area contributed by atoms with Gasteiger partial charge in [-0.3, -0.25) is 0 Å². The lowest BCUT2D eigenvalue weighted by Crippen LogP contribution is -2.28. The molecule has 0 aliphatic carbocycles. The minimum Gasteiger partial charge on any atom is -0.399 e. The standard InChI is InChI=1S/C11H15FN2O2S/c1-8-10(12)6-9(13)7-11(8)17(15,16)14-4-2-3-5-14/h6-7H,2-5,13H2,1H3. The first-order chi connectivity index (χ1) is 7.93. The molecule has 1 aliphatic heterocycles. The molecule has 1 heterocycles. The number of hydrogen-bond donors (Lipinski definition) is 1. The Kier molecular flexibility index (Phi) is 3.09. The van der Waals surface area contributed by atoms with Crippen molar-refractivity contribution in [3.05, 3.63) is 23.5 Å². The molecule has 4 nitrogen and oxygen atoms in total. The second-order valence-electron chi connectivity index (χ2n) is 4.24. The predicted octanol–water partition coefficient (Wildman–Crippen LogP) is 1.50. The van der Waals surface area contributed by atoms with Crippen molar-refractivity contribution in [2.24, 2.45) is 0 Å². The predicted molar refractivity (Wildman–Crippen MR) is 63.5 cm³/mol. The first-order valence-electron chi connectivity index (χ1n) is 5.48. The summed E-state index contributed by atoms with van der Waals surface area (Å²) in [6.45, 7) is 2.45. The maximum absolute atomic E-state index is 13.5. The van der Waals surface area contributed by atoms with E-state index in [2.05, 4.69) is 0 Å². The monoisotopic (exact) mass is 258 g/mol. The van der Waals surface area contributed by atoms with Crippen molar-refractivity contribution in [1.29, 1.82) is 0 Å². The molecule has 0 radical (unpaired) electrons. The van der Waals surface area contributed by atoms with Gasteiger partial charge in [0.1, 0.15) is 5.82 Å². The molecule has 1 saturated heterocycles. The van der Waals surface area contributed by atoms with Crippen LogP contribution in [0.15, 0.2) is 17.0 Å². The van der Waals surface area contributed by atoms with E-state index in [0.717, 1.165) is 18.9 Å². The smallest absolute Gasteiger partial charge is 0.243 e. The van der Waals surface area contributed by atoms with Crippen LogP contribution in [0.2, 0.25) is 0 Å². The SMILES string of the molecule is Cc1c(F)cc(N)cc1S(=O)(=O)N1CCCC1. The Balaban J connectivity index is 2.52. The van der Waals surface area contributed by atoms with Crippen LogP contribution in [0.5, 0.6) is 0 Å². The van der Waals surface area contributed by atoms with Crippen LogP contribution in [0.3, 0.4) is 0 Å². The highest BCUT2D eigenvalue weighted by Crippen LogP contribution is 2.27. The third kappa shape index (κ3) is 2.14. The summed E-state index contributed by atoms with van der Waals surface area (Å²) in [5.74, 6) is -0.581. The summed E-state index contributed by atoms with van der Waals surface area (Å²) in [5, 5.41) is 0. The highest BCUT2D eigenvalue weighted by molar-refractivity contribution is 7.89. The molecule has 0 atom stereocenters. The zero-order chi connectivity index (χ0) is 12.6. The number of anilines is 1. The van der Waals surface area contributed by atoms with Crippen LogP contribution in [0, 0.1) is 12.7 Å². The molecule has 1 aromatic carbocycles. The quantitative estimate of drug-likeness (QED) is 0.818. The van der Waals surface area contributed by atoms with Gasteiger partial charge in [-0.05, 0) is 31.9 Å². The van der Waals surface area contributed by atoms with Crippen LogP contribution in [-0.2, 0) is 10.0 Å². The summed E-state index contributed by atoms with van der Waals surface area (Å²) in [6, 6.07) is 2.46. The number of nitrogens with two attached hydrogens (primary N) is 1. The largest absolute Gasteiger partial charge is 0.399 e. The van der Waals surface area contributed by atoms with Crippen LogP contribution >= 0.6 is 0 Å². The summed E-state index contributed by atoms with van der Waals surface area (Å²) >= 11 is 0. The minimum absolute atomic E-state index is 0.0168. The van der Waals surface area contributed by atoms with Gasteiger partial charge in [0.25, 0.3) is 0 Å². The molecule has 94 valence electrons. The number of nitrogens with zero attached hydrogens (tertiary/aromatic N) is 1. The normalized spacial score (nSPS) is 17.5. The summed E-state index contributed by atoms with van der Waals surface area (Å²) in [5.41, 5.74) is 5.76. The Labute approximate surface area is 100 Å². The van der Waals surface area contributed by atoms with Crippen molar-refractivity contribution in [2.75, 3.05) is 18.8 Å². The van der Waals surface area contributed by atoms with Gasteiger partial charge in [-0.15, -0.1) is 0 Å². The molecular formula is C11H15FN2O2S. The van der Waals surface area contributed by atoms with E-state index >= 15 is 0 Å². The lowest BCUT2D eigenvalue weighted by molar-refractivity contribution is 0.475. The van der Waals surface area contributed by atoms with Gasteiger partial charge < -0.3 is 5.73 Å². The molecular weight excluding hydrogens is 243 g/mol. The summed E-state index contributed by atoms with van der Waals surface area (Å²) in [4.78, 5) is -0.0168. The average molecular weight is 258 g/mol. The number of halogens is 1. The molecule has 2 N–H and O–H groups in total. The number of sulfonamides is 1. The molecule has 1 aromatic rings. The summed E-state index contributed by atoms with van der Waals surface area (Å²) < 4.78 is 39.4. The lowest BCUT2D eigenvalue weighted by Gasteiger charge is -2.17. The molecule has 6 heteroatoms. The Hall–Kier alpha value is -1.14. The second-order valence-corrected chi connectivity index (χ2v) is 6.14. The van der Waals surface area contributed by atoms with Crippen LogP contribution in [0.1, 0.15) is 18.4 Å². The van der Waals surface area contributed by atoms with E-state index in [0.29, 0.717) is 13.1 Å². The van der Waals surface area contributed by atoms with E-state index in [9.17, 15) is 12.8 Å². The maximum Gasteiger partial charge on any atom is 0.243 e. The van der Waals surface area contributed by atoms with E-state index in [4.69, 9.17) is 5.73 Å². The summed E-state index contributed by atoms with van der Waals surface area (Å²) in [6.07, 6.45) is 1.70. The topological polar surface area (TPSA) is 63.4 Å². The zero-order valence-electron chi connectivity index (χ0n) is 9.61. The average Bonchev–Trinajstić information content (AvgIpc) is 2.76. The Morgan fingerprint density at radius 2 is 1.88 bits per heavy atom. The highest BCUT2D eigenvalue weighted by Gasteiger charge is 2.29. The lowest BCUT2D eigenvalue weighted by atomic mass is 10.2. The first-order valence-corrected chi connectivity index (χ1v) is 6.92. The molecule has 0 unspecified atom stereocenters. The Morgan fingerprint density at radius 1 is 1.29 bits per heavy atom.